The first kappa shape index (κ1) is 19.0. The number of amides is 2. The number of nitrogens with zero attached hydrogens (tertiary/aromatic N) is 3. The van der Waals surface area contributed by atoms with Crippen LogP contribution in [-0.2, 0) is 0 Å². The van der Waals surface area contributed by atoms with Gasteiger partial charge in [-0.25, -0.2) is 9.78 Å². The van der Waals surface area contributed by atoms with Gasteiger partial charge in [-0.1, -0.05) is 13.0 Å². The van der Waals surface area contributed by atoms with Crippen LogP contribution in [-0.4, -0.2) is 60.7 Å². The fraction of sp³-hybridized carbons (Fsp3) is 0.700. The molecule has 3 rings (SSSR count). The summed E-state index contributed by atoms with van der Waals surface area (Å²) in [6.45, 7) is 9.41. The molecule has 2 amide bonds. The number of carbonyl (C=O) groups is 1. The summed E-state index contributed by atoms with van der Waals surface area (Å²) < 4.78 is 0. The van der Waals surface area contributed by atoms with Crippen LogP contribution < -0.4 is 15.5 Å². The molecule has 2 saturated heterocycles. The van der Waals surface area contributed by atoms with E-state index in [9.17, 15) is 4.79 Å². The zero-order chi connectivity index (χ0) is 18.4. The summed E-state index contributed by atoms with van der Waals surface area (Å²) in [5, 5.41) is 6.21. The van der Waals surface area contributed by atoms with E-state index in [0.29, 0.717) is 12.6 Å². The molecule has 0 radical (unpaired) electrons. The molecule has 2 fully saturated rings. The molecule has 2 aliphatic rings. The lowest BCUT2D eigenvalue weighted by Gasteiger charge is -2.36. The SMILES string of the molecule is CC1CCCN(C(C)CNC(=O)NC2CCN(c3ccccn3)CC2)C1. The first-order valence-electron chi connectivity index (χ1n) is 10.1. The second kappa shape index (κ2) is 9.21. The van der Waals surface area contributed by atoms with Crippen molar-refractivity contribution < 1.29 is 4.79 Å². The van der Waals surface area contributed by atoms with Gasteiger partial charge in [0, 0.05) is 44.5 Å². The van der Waals surface area contributed by atoms with E-state index in [4.69, 9.17) is 0 Å². The Morgan fingerprint density at radius 2 is 2.08 bits per heavy atom. The van der Waals surface area contributed by atoms with Crippen molar-refractivity contribution >= 4 is 11.8 Å². The van der Waals surface area contributed by atoms with Crippen LogP contribution in [0, 0.1) is 5.92 Å². The van der Waals surface area contributed by atoms with Crippen LogP contribution in [0.1, 0.15) is 39.5 Å². The number of likely N-dealkylation sites (tertiary alicyclic amines) is 1. The van der Waals surface area contributed by atoms with Crippen LogP contribution in [0.4, 0.5) is 10.6 Å². The molecule has 0 bridgehead atoms. The van der Waals surface area contributed by atoms with E-state index in [2.05, 4.69) is 39.3 Å². The van der Waals surface area contributed by atoms with Crippen molar-refractivity contribution in [3.63, 3.8) is 0 Å². The average molecular weight is 360 g/mol. The monoisotopic (exact) mass is 359 g/mol. The molecule has 0 saturated carbocycles. The molecule has 2 N–H and O–H groups in total. The van der Waals surface area contributed by atoms with Gasteiger partial charge in [0.15, 0.2) is 0 Å². The number of nitrogens with one attached hydrogen (secondary N) is 2. The minimum Gasteiger partial charge on any atom is -0.356 e. The van der Waals surface area contributed by atoms with Gasteiger partial charge in [-0.05, 0) is 57.2 Å². The molecule has 3 heterocycles. The average Bonchev–Trinajstić information content (AvgIpc) is 2.67. The van der Waals surface area contributed by atoms with Gasteiger partial charge in [0.2, 0.25) is 0 Å². The second-order valence-electron chi connectivity index (χ2n) is 7.89. The Hall–Kier alpha value is -1.82. The van der Waals surface area contributed by atoms with Gasteiger partial charge >= 0.3 is 6.03 Å². The minimum atomic E-state index is -0.0294. The molecular weight excluding hydrogens is 326 g/mol. The molecule has 2 unspecified atom stereocenters. The number of pyridine rings is 1. The number of rotatable bonds is 5. The summed E-state index contributed by atoms with van der Waals surface area (Å²) in [7, 11) is 0. The maximum Gasteiger partial charge on any atom is 0.315 e. The van der Waals surface area contributed by atoms with Crippen LogP contribution in [0.15, 0.2) is 24.4 Å². The van der Waals surface area contributed by atoms with E-state index in [1.54, 1.807) is 0 Å². The first-order chi connectivity index (χ1) is 12.6. The molecule has 2 atom stereocenters. The Balaban J connectivity index is 1.35. The lowest BCUT2D eigenvalue weighted by Crippen LogP contribution is -2.51. The second-order valence-corrected chi connectivity index (χ2v) is 7.89. The third kappa shape index (κ3) is 5.34. The van der Waals surface area contributed by atoms with E-state index in [1.165, 1.54) is 12.8 Å². The van der Waals surface area contributed by atoms with E-state index in [1.807, 2.05) is 24.4 Å². The number of urea groups is 1. The fourth-order valence-electron chi connectivity index (χ4n) is 4.03. The molecule has 6 nitrogen and oxygen atoms in total. The standard InChI is InChI=1S/C20H33N5O/c1-16-6-5-11-25(15-16)17(2)14-22-20(26)23-18-8-12-24(13-9-18)19-7-3-4-10-21-19/h3-4,7,10,16-18H,5-6,8-9,11-15H2,1-2H3,(H2,22,23,26). The van der Waals surface area contributed by atoms with Crippen LogP contribution in [0.3, 0.4) is 0 Å². The Bertz CT molecular complexity index is 559. The fourth-order valence-corrected chi connectivity index (χ4v) is 4.03. The highest BCUT2D eigenvalue weighted by Gasteiger charge is 2.23. The highest BCUT2D eigenvalue weighted by Crippen LogP contribution is 2.18. The summed E-state index contributed by atoms with van der Waals surface area (Å²) in [5.74, 6) is 1.80. The van der Waals surface area contributed by atoms with Crippen LogP contribution in [0.5, 0.6) is 0 Å². The Kier molecular flexibility index (Phi) is 6.72. The van der Waals surface area contributed by atoms with Crippen molar-refractivity contribution in [3.8, 4) is 0 Å². The van der Waals surface area contributed by atoms with Gasteiger partial charge in [-0.2, -0.15) is 0 Å². The number of hydrogen-bond acceptors (Lipinski definition) is 4. The summed E-state index contributed by atoms with van der Waals surface area (Å²) >= 11 is 0. The van der Waals surface area contributed by atoms with Crippen LogP contribution in [0.25, 0.3) is 0 Å². The van der Waals surface area contributed by atoms with Gasteiger partial charge in [0.05, 0.1) is 0 Å². The topological polar surface area (TPSA) is 60.5 Å². The van der Waals surface area contributed by atoms with Gasteiger partial charge < -0.3 is 15.5 Å². The first-order valence-corrected chi connectivity index (χ1v) is 10.1. The Morgan fingerprint density at radius 3 is 2.77 bits per heavy atom. The molecule has 2 aliphatic heterocycles. The van der Waals surface area contributed by atoms with E-state index < -0.39 is 0 Å². The number of carbonyl (C=O) groups excluding carboxylic acids is 1. The third-order valence-corrected chi connectivity index (χ3v) is 5.67. The largest absolute Gasteiger partial charge is 0.356 e. The van der Waals surface area contributed by atoms with Gasteiger partial charge in [-0.15, -0.1) is 0 Å². The highest BCUT2D eigenvalue weighted by molar-refractivity contribution is 5.74. The Labute approximate surface area is 157 Å². The van der Waals surface area contributed by atoms with Crippen LogP contribution >= 0.6 is 0 Å². The molecule has 26 heavy (non-hydrogen) atoms. The molecule has 1 aromatic heterocycles. The smallest absolute Gasteiger partial charge is 0.315 e. The predicted molar refractivity (Wildman–Crippen MR) is 105 cm³/mol. The van der Waals surface area contributed by atoms with Crippen molar-refractivity contribution in [1.29, 1.82) is 0 Å². The van der Waals surface area contributed by atoms with Gasteiger partial charge in [-0.3, -0.25) is 4.90 Å². The van der Waals surface area contributed by atoms with E-state index in [0.717, 1.165) is 50.8 Å². The molecule has 0 aromatic carbocycles. The zero-order valence-corrected chi connectivity index (χ0v) is 16.2. The summed E-state index contributed by atoms with van der Waals surface area (Å²) in [4.78, 5) is 21.4. The van der Waals surface area contributed by atoms with Crippen molar-refractivity contribution in [1.82, 2.24) is 20.5 Å². The summed E-state index contributed by atoms with van der Waals surface area (Å²) in [5.41, 5.74) is 0. The highest BCUT2D eigenvalue weighted by atomic mass is 16.2. The number of aromatic nitrogens is 1. The maximum absolute atomic E-state index is 12.2. The van der Waals surface area contributed by atoms with Crippen molar-refractivity contribution in [2.75, 3.05) is 37.6 Å². The summed E-state index contributed by atoms with van der Waals surface area (Å²) in [6, 6.07) is 6.62. The van der Waals surface area contributed by atoms with Crippen molar-refractivity contribution in [3.05, 3.63) is 24.4 Å². The summed E-state index contributed by atoms with van der Waals surface area (Å²) in [6.07, 6.45) is 6.35. The van der Waals surface area contributed by atoms with Crippen LogP contribution in [0.2, 0.25) is 0 Å². The predicted octanol–water partition coefficient (Wildman–Crippen LogP) is 2.47. The Morgan fingerprint density at radius 1 is 1.27 bits per heavy atom. The molecule has 6 heteroatoms. The number of piperidine rings is 2. The lowest BCUT2D eigenvalue weighted by molar-refractivity contribution is 0.137. The molecular formula is C20H33N5O. The van der Waals surface area contributed by atoms with E-state index >= 15 is 0 Å². The molecule has 0 spiro atoms. The number of anilines is 1. The third-order valence-electron chi connectivity index (χ3n) is 5.67. The normalized spacial score (nSPS) is 23.5. The molecule has 144 valence electrons. The quantitative estimate of drug-likeness (QED) is 0.848. The van der Waals surface area contributed by atoms with Gasteiger partial charge in [0.25, 0.3) is 0 Å². The maximum atomic E-state index is 12.2. The van der Waals surface area contributed by atoms with Crippen molar-refractivity contribution in [2.45, 2.75) is 51.6 Å². The van der Waals surface area contributed by atoms with Gasteiger partial charge in [0.1, 0.15) is 5.82 Å². The van der Waals surface area contributed by atoms with Crippen molar-refractivity contribution in [2.24, 2.45) is 5.92 Å². The minimum absolute atomic E-state index is 0.0294. The number of hydrogen-bond donors (Lipinski definition) is 2. The molecule has 1 aromatic rings. The molecule has 0 aliphatic carbocycles. The zero-order valence-electron chi connectivity index (χ0n) is 16.2. The lowest BCUT2D eigenvalue weighted by atomic mass is 9.99. The van der Waals surface area contributed by atoms with E-state index in [-0.39, 0.29) is 12.1 Å².